The lowest BCUT2D eigenvalue weighted by Gasteiger charge is -2.20. The molecule has 186 valence electrons. The van der Waals surface area contributed by atoms with Crippen molar-refractivity contribution in [1.82, 2.24) is 13.9 Å². The minimum atomic E-state index is -3.58. The number of carbonyl (C=O) groups excluding carboxylic acids is 2. The maximum absolute atomic E-state index is 13.1. The Morgan fingerprint density at radius 2 is 1.77 bits per heavy atom. The Hall–Kier alpha value is -3.24. The van der Waals surface area contributed by atoms with Gasteiger partial charge in [0.05, 0.1) is 21.8 Å². The fourth-order valence-corrected chi connectivity index (χ4v) is 5.93. The van der Waals surface area contributed by atoms with Crippen LogP contribution in [-0.4, -0.2) is 53.7 Å². The minimum absolute atomic E-state index is 0.0827. The van der Waals surface area contributed by atoms with Crippen molar-refractivity contribution in [3.05, 3.63) is 48.5 Å². The van der Waals surface area contributed by atoms with E-state index in [1.165, 1.54) is 21.3 Å². The highest BCUT2D eigenvalue weighted by Crippen LogP contribution is 2.28. The molecule has 3 aromatic rings. The second-order valence-corrected chi connectivity index (χ2v) is 10.5. The number of para-hydroxylation sites is 2. The van der Waals surface area contributed by atoms with Crippen LogP contribution in [0.3, 0.4) is 0 Å². The van der Waals surface area contributed by atoms with Crippen LogP contribution in [0.25, 0.3) is 11.0 Å². The molecule has 1 aliphatic heterocycles. The molecule has 2 heterocycles. The Labute approximate surface area is 205 Å². The van der Waals surface area contributed by atoms with Gasteiger partial charge in [-0.2, -0.15) is 4.31 Å². The van der Waals surface area contributed by atoms with Crippen molar-refractivity contribution < 1.29 is 18.0 Å². The van der Waals surface area contributed by atoms with Gasteiger partial charge < -0.3 is 9.47 Å². The number of imidazole rings is 1. The first-order chi connectivity index (χ1) is 16.8. The predicted octanol–water partition coefficient (Wildman–Crippen LogP) is 3.47. The largest absolute Gasteiger partial charge is 0.312 e. The fraction of sp³-hybridized carbons (Fsp3) is 0.400. The third-order valence-corrected chi connectivity index (χ3v) is 8.39. The zero-order valence-corrected chi connectivity index (χ0v) is 21.1. The lowest BCUT2D eigenvalue weighted by atomic mass is 10.1. The summed E-state index contributed by atoms with van der Waals surface area (Å²) in [6.07, 6.45) is 0.970. The number of nitrogens with one attached hydrogen (secondary N) is 1. The van der Waals surface area contributed by atoms with Crippen molar-refractivity contribution in [1.29, 1.82) is 0 Å². The van der Waals surface area contributed by atoms with Gasteiger partial charge in [0.15, 0.2) is 0 Å². The highest BCUT2D eigenvalue weighted by atomic mass is 32.2. The number of fused-ring (bicyclic) bond motifs is 1. The van der Waals surface area contributed by atoms with Crippen molar-refractivity contribution in [2.75, 3.05) is 29.9 Å². The number of hydrogen-bond donors (Lipinski definition) is 1. The summed E-state index contributed by atoms with van der Waals surface area (Å²) < 4.78 is 28.8. The standard InChI is InChI=1S/C25H31N5O4S/c1-4-15-29-22-10-8-7-9-21(22)26-25(29)27-24(32)18-16-23(31)30(17-18)19-11-13-20(14-12-19)35(33,34)28(5-2)6-3/h7-14,18H,4-6,15-17H2,1-3H3,(H,26,27,32)/t18-/m1/s1. The molecule has 0 unspecified atom stereocenters. The third-order valence-electron chi connectivity index (χ3n) is 6.32. The molecule has 1 atom stereocenters. The number of benzene rings is 2. The van der Waals surface area contributed by atoms with Gasteiger partial charge >= 0.3 is 0 Å². The summed E-state index contributed by atoms with van der Waals surface area (Å²) in [6.45, 7) is 7.35. The van der Waals surface area contributed by atoms with Gasteiger partial charge in [-0.3, -0.25) is 14.9 Å². The summed E-state index contributed by atoms with van der Waals surface area (Å²) in [5, 5.41) is 2.92. The zero-order chi connectivity index (χ0) is 25.2. The second kappa shape index (κ2) is 10.2. The quantitative estimate of drug-likeness (QED) is 0.487. The minimum Gasteiger partial charge on any atom is -0.312 e. The summed E-state index contributed by atoms with van der Waals surface area (Å²) in [4.78, 5) is 32.1. The molecule has 0 saturated carbocycles. The van der Waals surface area contributed by atoms with Crippen LogP contribution in [-0.2, 0) is 26.2 Å². The number of amides is 2. The van der Waals surface area contributed by atoms with Crippen molar-refractivity contribution in [2.45, 2.75) is 45.1 Å². The maximum atomic E-state index is 13.1. The molecule has 4 rings (SSSR count). The second-order valence-electron chi connectivity index (χ2n) is 8.55. The highest BCUT2D eigenvalue weighted by molar-refractivity contribution is 7.89. The topological polar surface area (TPSA) is 105 Å². The van der Waals surface area contributed by atoms with Crippen LogP contribution >= 0.6 is 0 Å². The van der Waals surface area contributed by atoms with E-state index >= 15 is 0 Å². The Balaban J connectivity index is 1.49. The number of aryl methyl sites for hydroxylation is 1. The average molecular weight is 498 g/mol. The number of hydrogen-bond acceptors (Lipinski definition) is 5. The van der Waals surface area contributed by atoms with Gasteiger partial charge in [-0.25, -0.2) is 13.4 Å². The Morgan fingerprint density at radius 1 is 1.09 bits per heavy atom. The fourth-order valence-electron chi connectivity index (χ4n) is 4.48. The van der Waals surface area contributed by atoms with E-state index in [2.05, 4.69) is 17.2 Å². The Morgan fingerprint density at radius 3 is 2.43 bits per heavy atom. The monoisotopic (exact) mass is 497 g/mol. The van der Waals surface area contributed by atoms with E-state index in [4.69, 9.17) is 0 Å². The van der Waals surface area contributed by atoms with E-state index in [1.807, 2.05) is 28.8 Å². The van der Waals surface area contributed by atoms with E-state index in [1.54, 1.807) is 26.0 Å². The normalized spacial score (nSPS) is 16.4. The number of rotatable bonds is 9. The molecule has 10 heteroatoms. The first-order valence-corrected chi connectivity index (χ1v) is 13.4. The molecule has 1 fully saturated rings. The van der Waals surface area contributed by atoms with Gasteiger partial charge in [-0.05, 0) is 42.8 Å². The van der Waals surface area contributed by atoms with Crippen LogP contribution < -0.4 is 10.2 Å². The van der Waals surface area contributed by atoms with Crippen molar-refractivity contribution in [3.63, 3.8) is 0 Å². The third kappa shape index (κ3) is 4.81. The van der Waals surface area contributed by atoms with Crippen LogP contribution in [0.5, 0.6) is 0 Å². The van der Waals surface area contributed by atoms with Crippen molar-refractivity contribution >= 4 is 44.5 Å². The van der Waals surface area contributed by atoms with Gasteiger partial charge in [0.2, 0.25) is 27.8 Å². The molecular formula is C25H31N5O4S. The molecule has 0 spiro atoms. The van der Waals surface area contributed by atoms with E-state index in [0.717, 1.165) is 17.5 Å². The van der Waals surface area contributed by atoms with Gasteiger partial charge in [-0.1, -0.05) is 32.9 Å². The van der Waals surface area contributed by atoms with Crippen LogP contribution in [0.2, 0.25) is 0 Å². The van der Waals surface area contributed by atoms with Crippen LogP contribution in [0.15, 0.2) is 53.4 Å². The van der Waals surface area contributed by atoms with Gasteiger partial charge in [0, 0.05) is 38.3 Å². The van der Waals surface area contributed by atoms with Crippen LogP contribution in [0.1, 0.15) is 33.6 Å². The summed E-state index contributed by atoms with van der Waals surface area (Å²) in [5.41, 5.74) is 2.33. The number of anilines is 2. The molecule has 0 radical (unpaired) electrons. The van der Waals surface area contributed by atoms with E-state index < -0.39 is 15.9 Å². The lowest BCUT2D eigenvalue weighted by molar-refractivity contribution is -0.122. The summed E-state index contributed by atoms with van der Waals surface area (Å²) >= 11 is 0. The number of aromatic nitrogens is 2. The van der Waals surface area contributed by atoms with Crippen LogP contribution in [0, 0.1) is 5.92 Å². The molecule has 0 aliphatic carbocycles. The smallest absolute Gasteiger partial charge is 0.243 e. The highest BCUT2D eigenvalue weighted by Gasteiger charge is 2.36. The molecule has 35 heavy (non-hydrogen) atoms. The molecule has 2 aromatic carbocycles. The molecule has 9 nitrogen and oxygen atoms in total. The first-order valence-electron chi connectivity index (χ1n) is 12.0. The van der Waals surface area contributed by atoms with Gasteiger partial charge in [0.1, 0.15) is 0 Å². The molecule has 0 bridgehead atoms. The molecule has 1 aromatic heterocycles. The molecule has 1 saturated heterocycles. The zero-order valence-electron chi connectivity index (χ0n) is 20.3. The number of carbonyl (C=O) groups is 2. The number of sulfonamides is 1. The van der Waals surface area contributed by atoms with E-state index in [-0.39, 0.29) is 29.7 Å². The van der Waals surface area contributed by atoms with Gasteiger partial charge in [-0.15, -0.1) is 0 Å². The van der Waals surface area contributed by atoms with Crippen molar-refractivity contribution in [2.24, 2.45) is 5.92 Å². The summed E-state index contributed by atoms with van der Waals surface area (Å²) in [5.74, 6) is -0.479. The number of nitrogens with zero attached hydrogens (tertiary/aromatic N) is 4. The SMILES string of the molecule is CCCn1c(NC(=O)[C@@H]2CC(=O)N(c3ccc(S(=O)(=O)N(CC)CC)cc3)C2)nc2ccccc21. The molecular weight excluding hydrogens is 466 g/mol. The van der Waals surface area contributed by atoms with E-state index in [0.29, 0.717) is 31.3 Å². The molecule has 1 aliphatic rings. The summed E-state index contributed by atoms with van der Waals surface area (Å²) in [6, 6.07) is 14.0. The lowest BCUT2D eigenvalue weighted by Crippen LogP contribution is -2.31. The van der Waals surface area contributed by atoms with Crippen molar-refractivity contribution in [3.8, 4) is 0 Å². The summed E-state index contributed by atoms with van der Waals surface area (Å²) in [7, 11) is -3.58. The average Bonchev–Trinajstić information content (AvgIpc) is 3.40. The predicted molar refractivity (Wildman–Crippen MR) is 136 cm³/mol. The Kier molecular flexibility index (Phi) is 7.23. The first kappa shape index (κ1) is 24.9. The molecule has 2 amide bonds. The molecule has 1 N–H and O–H groups in total. The maximum Gasteiger partial charge on any atom is 0.243 e. The van der Waals surface area contributed by atoms with Gasteiger partial charge in [0.25, 0.3) is 0 Å². The Bertz CT molecular complexity index is 1330. The van der Waals surface area contributed by atoms with E-state index in [9.17, 15) is 18.0 Å². The van der Waals surface area contributed by atoms with Crippen LogP contribution in [0.4, 0.5) is 11.6 Å².